The third kappa shape index (κ3) is 6.25. The Morgan fingerprint density at radius 1 is 1.06 bits per heavy atom. The third-order valence-electron chi connectivity index (χ3n) is 8.73. The van der Waals surface area contributed by atoms with Crippen LogP contribution in [0, 0.1) is 12.8 Å². The van der Waals surface area contributed by atoms with Crippen LogP contribution in [0.2, 0.25) is 5.02 Å². The van der Waals surface area contributed by atoms with Crippen LogP contribution in [0.4, 0.5) is 5.69 Å². The van der Waals surface area contributed by atoms with Crippen LogP contribution in [0.1, 0.15) is 39.5 Å². The second-order valence-electron chi connectivity index (χ2n) is 11.8. The minimum atomic E-state index is -3.61. The van der Waals surface area contributed by atoms with Crippen molar-refractivity contribution in [2.45, 2.75) is 25.8 Å². The zero-order valence-corrected chi connectivity index (χ0v) is 27.8. The van der Waals surface area contributed by atoms with E-state index in [2.05, 4.69) is 20.0 Å². The summed E-state index contributed by atoms with van der Waals surface area (Å²) in [6.45, 7) is 2.77. The molecule has 14 heteroatoms. The van der Waals surface area contributed by atoms with Crippen molar-refractivity contribution >= 4 is 39.1 Å². The quantitative estimate of drug-likeness (QED) is 0.284. The lowest BCUT2D eigenvalue weighted by Crippen LogP contribution is -2.55. The number of anilines is 1. The third-order valence-corrected chi connectivity index (χ3v) is 9.71. The molecule has 1 atom stereocenters. The van der Waals surface area contributed by atoms with Gasteiger partial charge in [-0.05, 0) is 54.7 Å². The van der Waals surface area contributed by atoms with Crippen LogP contribution < -0.4 is 20.3 Å². The summed E-state index contributed by atoms with van der Waals surface area (Å²) in [5, 5.41) is 7.20. The lowest BCUT2D eigenvalue weighted by Gasteiger charge is -2.42. The summed E-state index contributed by atoms with van der Waals surface area (Å²) < 4.78 is 31.9. The molecule has 1 saturated heterocycles. The highest BCUT2D eigenvalue weighted by Crippen LogP contribution is 2.46. The van der Waals surface area contributed by atoms with Gasteiger partial charge in [-0.1, -0.05) is 41.9 Å². The number of amides is 2. The molecular formula is C33H33ClN6O6S. The molecule has 6 rings (SSSR count). The van der Waals surface area contributed by atoms with Crippen LogP contribution in [0.3, 0.4) is 0 Å². The highest BCUT2D eigenvalue weighted by Gasteiger charge is 2.42. The summed E-state index contributed by atoms with van der Waals surface area (Å²) in [6, 6.07) is 14.6. The van der Waals surface area contributed by atoms with Crippen molar-refractivity contribution in [1.82, 2.24) is 24.4 Å². The Kier molecular flexibility index (Phi) is 8.64. The van der Waals surface area contributed by atoms with Gasteiger partial charge < -0.3 is 10.1 Å². The molecule has 0 saturated carbocycles. The zero-order chi connectivity index (χ0) is 33.6. The van der Waals surface area contributed by atoms with E-state index in [1.54, 1.807) is 13.2 Å². The zero-order valence-electron chi connectivity index (χ0n) is 26.2. The summed E-state index contributed by atoms with van der Waals surface area (Å²) in [6.07, 6.45) is 3.96. The molecular weight excluding hydrogens is 644 g/mol. The Hall–Kier alpha value is -4.59. The van der Waals surface area contributed by atoms with Crippen LogP contribution in [-0.4, -0.2) is 66.4 Å². The summed E-state index contributed by atoms with van der Waals surface area (Å²) in [4.78, 5) is 44.7. The van der Waals surface area contributed by atoms with Gasteiger partial charge in [0.2, 0.25) is 21.8 Å². The van der Waals surface area contributed by atoms with E-state index in [0.29, 0.717) is 40.9 Å². The van der Waals surface area contributed by atoms with Crippen molar-refractivity contribution in [3.8, 4) is 28.3 Å². The van der Waals surface area contributed by atoms with Gasteiger partial charge in [0.1, 0.15) is 5.56 Å². The van der Waals surface area contributed by atoms with E-state index in [1.807, 2.05) is 43.3 Å². The number of hydrogen-bond donors (Lipinski definition) is 2. The number of methoxy groups -OCH3 is 1. The molecule has 4 aromatic rings. The van der Waals surface area contributed by atoms with E-state index in [4.69, 9.17) is 21.3 Å². The van der Waals surface area contributed by atoms with Crippen molar-refractivity contribution < 1.29 is 22.7 Å². The lowest BCUT2D eigenvalue weighted by atomic mass is 9.94. The molecule has 47 heavy (non-hydrogen) atoms. The SMILES string of the molecule is COc1nc(-c2cccc(-c3cccc(NC(=O)c4ccnn(C)c4=O)c3C)c2Cl)cc2c1C(N1CC(C(=O)NS(C)(=O)=O)C1)CC2. The molecule has 0 spiro atoms. The number of rotatable bonds is 8. The normalized spacial score (nSPS) is 16.3. The van der Waals surface area contributed by atoms with Crippen molar-refractivity contribution in [2.24, 2.45) is 13.0 Å². The molecule has 3 heterocycles. The van der Waals surface area contributed by atoms with E-state index < -0.39 is 33.3 Å². The summed E-state index contributed by atoms with van der Waals surface area (Å²) in [5.74, 6) is -0.938. The number of nitrogens with zero attached hydrogens (tertiary/aromatic N) is 4. The van der Waals surface area contributed by atoms with Gasteiger partial charge in [-0.15, -0.1) is 0 Å². The summed E-state index contributed by atoms with van der Waals surface area (Å²) in [7, 11) is -0.550. The molecule has 1 aliphatic carbocycles. The van der Waals surface area contributed by atoms with E-state index in [9.17, 15) is 22.8 Å². The van der Waals surface area contributed by atoms with Crippen LogP contribution in [0.25, 0.3) is 22.4 Å². The number of carbonyl (C=O) groups excluding carboxylic acids is 2. The monoisotopic (exact) mass is 676 g/mol. The number of likely N-dealkylation sites (tertiary alicyclic amines) is 1. The number of nitrogens with one attached hydrogen (secondary N) is 2. The largest absolute Gasteiger partial charge is 0.481 e. The number of sulfonamides is 1. The van der Waals surface area contributed by atoms with Gasteiger partial charge in [0.25, 0.3) is 11.5 Å². The number of halogens is 1. The van der Waals surface area contributed by atoms with E-state index >= 15 is 0 Å². The van der Waals surface area contributed by atoms with Crippen molar-refractivity contribution in [3.63, 3.8) is 0 Å². The number of carbonyl (C=O) groups is 2. The highest BCUT2D eigenvalue weighted by atomic mass is 35.5. The minimum absolute atomic E-state index is 0.00135. The molecule has 2 aliphatic rings. The van der Waals surface area contributed by atoms with Crippen molar-refractivity contribution in [3.05, 3.63) is 92.4 Å². The average molecular weight is 677 g/mol. The van der Waals surface area contributed by atoms with Crippen LogP contribution >= 0.6 is 11.6 Å². The number of benzene rings is 2. The van der Waals surface area contributed by atoms with Gasteiger partial charge in [0.05, 0.1) is 30.0 Å². The molecule has 2 amide bonds. The highest BCUT2D eigenvalue weighted by molar-refractivity contribution is 7.89. The topological polar surface area (TPSA) is 153 Å². The van der Waals surface area contributed by atoms with E-state index in [-0.39, 0.29) is 11.6 Å². The maximum absolute atomic E-state index is 13.0. The lowest BCUT2D eigenvalue weighted by molar-refractivity contribution is -0.129. The van der Waals surface area contributed by atoms with E-state index in [1.165, 1.54) is 19.3 Å². The van der Waals surface area contributed by atoms with Gasteiger partial charge in [0, 0.05) is 54.8 Å². The maximum Gasteiger partial charge on any atom is 0.279 e. The van der Waals surface area contributed by atoms with Gasteiger partial charge >= 0.3 is 0 Å². The number of ether oxygens (including phenoxy) is 1. The molecule has 0 radical (unpaired) electrons. The van der Waals surface area contributed by atoms with Crippen molar-refractivity contribution in [1.29, 1.82) is 0 Å². The minimum Gasteiger partial charge on any atom is -0.481 e. The summed E-state index contributed by atoms with van der Waals surface area (Å²) >= 11 is 7.08. The predicted octanol–water partition coefficient (Wildman–Crippen LogP) is 3.73. The Morgan fingerprint density at radius 2 is 1.77 bits per heavy atom. The van der Waals surface area contributed by atoms with Crippen molar-refractivity contribution in [2.75, 3.05) is 31.8 Å². The molecule has 2 aromatic heterocycles. The predicted molar refractivity (Wildman–Crippen MR) is 178 cm³/mol. The fraction of sp³-hybridized carbons (Fsp3) is 0.303. The maximum atomic E-state index is 13.0. The smallest absolute Gasteiger partial charge is 0.279 e. The fourth-order valence-electron chi connectivity index (χ4n) is 6.31. The first-order valence-corrected chi connectivity index (χ1v) is 17.2. The Bertz CT molecular complexity index is 2090. The second kappa shape index (κ2) is 12.5. The van der Waals surface area contributed by atoms with Crippen LogP contribution in [0.15, 0.2) is 59.5 Å². The molecule has 0 bridgehead atoms. The number of pyridine rings is 1. The first-order chi connectivity index (χ1) is 22.4. The Morgan fingerprint density at radius 3 is 2.49 bits per heavy atom. The molecule has 1 unspecified atom stereocenters. The first-order valence-electron chi connectivity index (χ1n) is 14.9. The van der Waals surface area contributed by atoms with Gasteiger partial charge in [-0.2, -0.15) is 5.10 Å². The molecule has 1 fully saturated rings. The standard InChI is InChI=1S/C33H33ClN6O6S/c1-18-21(7-6-10-25(18)36-31(42)24-13-14-35-39(2)33(24)43)22-8-5-9-23(29(22)34)26-15-19-11-12-27(28(19)32(37-26)46-3)40-16-20(17-40)30(41)38-47(4,44)45/h5-10,13-15,20,27H,11-12,16-17H2,1-4H3,(H,36,42)(H,38,41). The second-order valence-corrected chi connectivity index (χ2v) is 13.9. The Balaban J connectivity index is 1.27. The Labute approximate surface area is 276 Å². The summed E-state index contributed by atoms with van der Waals surface area (Å²) in [5.41, 5.74) is 5.75. The van der Waals surface area contributed by atoms with Gasteiger partial charge in [-0.3, -0.25) is 24.0 Å². The first kappa shape index (κ1) is 32.4. The average Bonchev–Trinajstić information content (AvgIpc) is 3.41. The number of hydrogen-bond acceptors (Lipinski definition) is 9. The number of fused-ring (bicyclic) bond motifs is 1. The molecule has 244 valence electrons. The van der Waals surface area contributed by atoms with Gasteiger partial charge in [-0.25, -0.2) is 18.1 Å². The molecule has 1 aliphatic heterocycles. The molecule has 12 nitrogen and oxygen atoms in total. The number of aromatic nitrogens is 3. The number of aryl methyl sites for hydroxylation is 2. The molecule has 2 aromatic carbocycles. The fourth-order valence-corrected chi connectivity index (χ4v) is 7.17. The van der Waals surface area contributed by atoms with Gasteiger partial charge in [0.15, 0.2) is 0 Å². The van der Waals surface area contributed by atoms with E-state index in [0.717, 1.165) is 51.6 Å². The van der Waals surface area contributed by atoms with Crippen LogP contribution in [-0.2, 0) is 28.3 Å². The molecule has 2 N–H and O–H groups in total. The van der Waals surface area contributed by atoms with Crippen LogP contribution in [0.5, 0.6) is 5.88 Å².